The molecular weight excluding hydrogens is 304 g/mol. The highest BCUT2D eigenvalue weighted by atomic mass is 16.3. The topological polar surface area (TPSA) is 59.9 Å². The molecule has 0 spiro atoms. The van der Waals surface area contributed by atoms with Gasteiger partial charge in [-0.1, -0.05) is 13.0 Å². The second-order valence-corrected chi connectivity index (χ2v) is 6.99. The summed E-state index contributed by atoms with van der Waals surface area (Å²) in [5, 5.41) is 9.92. The maximum absolute atomic E-state index is 12.4. The first-order valence-electron chi connectivity index (χ1n) is 8.77. The quantitative estimate of drug-likeness (QED) is 0.812. The predicted molar refractivity (Wildman–Crippen MR) is 96.1 cm³/mol. The van der Waals surface area contributed by atoms with Crippen LogP contribution in [0.3, 0.4) is 0 Å². The molecule has 1 saturated heterocycles. The van der Waals surface area contributed by atoms with Crippen molar-refractivity contribution in [1.29, 1.82) is 0 Å². The van der Waals surface area contributed by atoms with Crippen LogP contribution in [0.5, 0.6) is 0 Å². The van der Waals surface area contributed by atoms with E-state index in [1.807, 2.05) is 23.1 Å². The fraction of sp³-hybridized carbons (Fsp3) is 0.667. The van der Waals surface area contributed by atoms with Gasteiger partial charge in [-0.15, -0.1) is 0 Å². The molecule has 134 valence electrons. The van der Waals surface area contributed by atoms with Crippen molar-refractivity contribution in [2.24, 2.45) is 0 Å². The van der Waals surface area contributed by atoms with Crippen LogP contribution in [-0.4, -0.2) is 77.2 Å². The Morgan fingerprint density at radius 3 is 2.54 bits per heavy atom. The molecule has 1 aromatic rings. The van der Waals surface area contributed by atoms with Gasteiger partial charge in [0.15, 0.2) is 0 Å². The van der Waals surface area contributed by atoms with Crippen LogP contribution in [0.25, 0.3) is 0 Å². The second kappa shape index (κ2) is 8.44. The molecule has 0 radical (unpaired) electrons. The van der Waals surface area contributed by atoms with Crippen LogP contribution in [0.1, 0.15) is 27.2 Å². The Hall–Kier alpha value is -1.66. The van der Waals surface area contributed by atoms with Gasteiger partial charge in [0.1, 0.15) is 5.82 Å². The number of piperazine rings is 1. The molecule has 0 unspecified atom stereocenters. The summed E-state index contributed by atoms with van der Waals surface area (Å²) in [7, 11) is 0. The van der Waals surface area contributed by atoms with E-state index in [0.29, 0.717) is 19.5 Å². The van der Waals surface area contributed by atoms with Crippen LogP contribution in [0.2, 0.25) is 0 Å². The van der Waals surface area contributed by atoms with Gasteiger partial charge in [0.05, 0.1) is 5.60 Å². The number of likely N-dealkylation sites (N-methyl/N-ethyl adjacent to an activating group) is 1. The largest absolute Gasteiger partial charge is 0.389 e. The summed E-state index contributed by atoms with van der Waals surface area (Å²) in [4.78, 5) is 23.1. The fourth-order valence-electron chi connectivity index (χ4n) is 3.03. The molecule has 0 aromatic carbocycles. The van der Waals surface area contributed by atoms with Gasteiger partial charge in [-0.25, -0.2) is 4.98 Å². The average Bonchev–Trinajstić information content (AvgIpc) is 2.58. The summed E-state index contributed by atoms with van der Waals surface area (Å²) >= 11 is 0. The summed E-state index contributed by atoms with van der Waals surface area (Å²) in [6.45, 7) is 10.9. The molecule has 0 aliphatic carbocycles. The van der Waals surface area contributed by atoms with E-state index in [-0.39, 0.29) is 5.91 Å². The number of hydrogen-bond acceptors (Lipinski definition) is 5. The van der Waals surface area contributed by atoms with Crippen molar-refractivity contribution in [2.75, 3.05) is 50.7 Å². The lowest BCUT2D eigenvalue weighted by Crippen LogP contribution is -2.49. The Morgan fingerprint density at radius 2 is 2.00 bits per heavy atom. The standard InChI is InChI=1S/C18H30N4O2/c1-4-20(15-18(2,3)24)10-8-17(23)22-13-11-21(12-14-22)16-7-5-6-9-19-16/h5-7,9,24H,4,8,10-15H2,1-3H3. The lowest BCUT2D eigenvalue weighted by atomic mass is 10.1. The SMILES string of the molecule is CCN(CCC(=O)N1CCN(c2ccccn2)CC1)CC(C)(C)O. The second-order valence-electron chi connectivity index (χ2n) is 6.99. The highest BCUT2D eigenvalue weighted by Gasteiger charge is 2.23. The Balaban J connectivity index is 1.76. The number of carbonyl (C=O) groups is 1. The van der Waals surface area contributed by atoms with Gasteiger partial charge in [0, 0.05) is 51.9 Å². The van der Waals surface area contributed by atoms with Crippen molar-refractivity contribution in [1.82, 2.24) is 14.8 Å². The first-order chi connectivity index (χ1) is 11.4. The lowest BCUT2D eigenvalue weighted by Gasteiger charge is -2.36. The average molecular weight is 334 g/mol. The summed E-state index contributed by atoms with van der Waals surface area (Å²) < 4.78 is 0. The Morgan fingerprint density at radius 1 is 1.29 bits per heavy atom. The van der Waals surface area contributed by atoms with E-state index in [0.717, 1.165) is 38.5 Å². The van der Waals surface area contributed by atoms with Crippen LogP contribution in [0.15, 0.2) is 24.4 Å². The molecule has 6 heteroatoms. The zero-order valence-electron chi connectivity index (χ0n) is 15.1. The molecule has 6 nitrogen and oxygen atoms in total. The summed E-state index contributed by atoms with van der Waals surface area (Å²) in [5.41, 5.74) is -0.729. The zero-order chi connectivity index (χ0) is 17.6. The van der Waals surface area contributed by atoms with Crippen molar-refractivity contribution in [3.05, 3.63) is 24.4 Å². The number of anilines is 1. The van der Waals surface area contributed by atoms with E-state index in [9.17, 15) is 9.90 Å². The minimum atomic E-state index is -0.729. The third kappa shape index (κ3) is 5.76. The van der Waals surface area contributed by atoms with Crippen molar-refractivity contribution in [2.45, 2.75) is 32.8 Å². The lowest BCUT2D eigenvalue weighted by molar-refractivity contribution is -0.132. The van der Waals surface area contributed by atoms with Crippen molar-refractivity contribution < 1.29 is 9.90 Å². The molecule has 24 heavy (non-hydrogen) atoms. The van der Waals surface area contributed by atoms with Gasteiger partial charge in [-0.05, 0) is 32.5 Å². The summed E-state index contributed by atoms with van der Waals surface area (Å²) in [6, 6.07) is 5.91. The maximum Gasteiger partial charge on any atom is 0.223 e. The first-order valence-corrected chi connectivity index (χ1v) is 8.77. The first kappa shape index (κ1) is 18.7. The number of nitrogens with zero attached hydrogens (tertiary/aromatic N) is 4. The molecule has 2 rings (SSSR count). The predicted octanol–water partition coefficient (Wildman–Crippen LogP) is 1.21. The number of carbonyl (C=O) groups excluding carboxylic acids is 1. The smallest absolute Gasteiger partial charge is 0.223 e. The van der Waals surface area contributed by atoms with Gasteiger partial charge in [0.25, 0.3) is 0 Å². The molecule has 2 heterocycles. The molecule has 0 atom stereocenters. The maximum atomic E-state index is 12.4. The van der Waals surface area contributed by atoms with Gasteiger partial charge in [0.2, 0.25) is 5.91 Å². The minimum absolute atomic E-state index is 0.199. The number of pyridine rings is 1. The van der Waals surface area contributed by atoms with Crippen LogP contribution >= 0.6 is 0 Å². The molecule has 0 saturated carbocycles. The molecule has 1 aromatic heterocycles. The molecule has 1 amide bonds. The van der Waals surface area contributed by atoms with Crippen LogP contribution in [-0.2, 0) is 4.79 Å². The Labute approximate surface area is 145 Å². The van der Waals surface area contributed by atoms with Crippen molar-refractivity contribution in [3.8, 4) is 0 Å². The van der Waals surface area contributed by atoms with Gasteiger partial charge in [-0.2, -0.15) is 0 Å². The van der Waals surface area contributed by atoms with Crippen LogP contribution in [0, 0.1) is 0 Å². The molecule has 0 bridgehead atoms. The third-order valence-corrected chi connectivity index (χ3v) is 4.31. The van der Waals surface area contributed by atoms with E-state index >= 15 is 0 Å². The highest BCUT2D eigenvalue weighted by molar-refractivity contribution is 5.76. The summed E-state index contributed by atoms with van der Waals surface area (Å²) in [5.74, 6) is 1.18. The van der Waals surface area contributed by atoms with E-state index in [4.69, 9.17) is 0 Å². The third-order valence-electron chi connectivity index (χ3n) is 4.31. The molecule has 1 N–H and O–H groups in total. The van der Waals surface area contributed by atoms with E-state index in [2.05, 4.69) is 21.7 Å². The van der Waals surface area contributed by atoms with Gasteiger partial charge < -0.3 is 19.8 Å². The highest BCUT2D eigenvalue weighted by Crippen LogP contribution is 2.13. The monoisotopic (exact) mass is 334 g/mol. The van der Waals surface area contributed by atoms with Crippen LogP contribution in [0.4, 0.5) is 5.82 Å². The van der Waals surface area contributed by atoms with E-state index in [1.54, 1.807) is 20.0 Å². The Bertz CT molecular complexity index is 508. The molecule has 1 aliphatic heterocycles. The van der Waals surface area contributed by atoms with Crippen molar-refractivity contribution in [3.63, 3.8) is 0 Å². The number of amides is 1. The summed E-state index contributed by atoms with van der Waals surface area (Å²) in [6.07, 6.45) is 2.31. The fourth-order valence-corrected chi connectivity index (χ4v) is 3.03. The van der Waals surface area contributed by atoms with E-state index < -0.39 is 5.60 Å². The number of aliphatic hydroxyl groups is 1. The zero-order valence-corrected chi connectivity index (χ0v) is 15.1. The number of aromatic nitrogens is 1. The van der Waals surface area contributed by atoms with Gasteiger partial charge >= 0.3 is 0 Å². The Kier molecular flexibility index (Phi) is 6.57. The van der Waals surface area contributed by atoms with E-state index in [1.165, 1.54) is 0 Å². The minimum Gasteiger partial charge on any atom is -0.389 e. The molecular formula is C18H30N4O2. The number of rotatable bonds is 7. The number of hydrogen-bond donors (Lipinski definition) is 1. The normalized spacial score (nSPS) is 15.9. The van der Waals surface area contributed by atoms with Gasteiger partial charge in [-0.3, -0.25) is 4.79 Å². The molecule has 1 fully saturated rings. The van der Waals surface area contributed by atoms with Crippen molar-refractivity contribution >= 4 is 11.7 Å². The van der Waals surface area contributed by atoms with Crippen LogP contribution < -0.4 is 4.90 Å². The molecule has 1 aliphatic rings.